The predicted molar refractivity (Wildman–Crippen MR) is 139 cm³/mol. The molecule has 0 aliphatic carbocycles. The normalized spacial score (nSPS) is 14.2. The number of nitrogens with one attached hydrogen (secondary N) is 2. The van der Waals surface area contributed by atoms with Crippen molar-refractivity contribution in [1.29, 1.82) is 0 Å². The molecular formula is C28H33N5O2. The lowest BCUT2D eigenvalue weighted by atomic mass is 10.1. The summed E-state index contributed by atoms with van der Waals surface area (Å²) in [4.78, 5) is 9.76. The molecule has 2 aromatic heterocycles. The maximum absolute atomic E-state index is 6.29. The zero-order chi connectivity index (χ0) is 24.0. The molecule has 35 heavy (non-hydrogen) atoms. The van der Waals surface area contributed by atoms with Crippen LogP contribution in [0.2, 0.25) is 0 Å². The van der Waals surface area contributed by atoms with E-state index in [2.05, 4.69) is 45.5 Å². The average Bonchev–Trinajstić information content (AvgIpc) is 3.26. The first kappa shape index (κ1) is 23.2. The van der Waals surface area contributed by atoms with Crippen LogP contribution in [-0.4, -0.2) is 34.2 Å². The van der Waals surface area contributed by atoms with E-state index < -0.39 is 0 Å². The SMILES string of the molecule is CCOc1cc(C)nc(CNc2nc3ccccc3n2C2CCNCC2)c1OCc1ccccc1. The molecule has 1 aliphatic heterocycles. The highest BCUT2D eigenvalue weighted by atomic mass is 16.5. The second-order valence-corrected chi connectivity index (χ2v) is 8.87. The first-order chi connectivity index (χ1) is 17.2. The molecule has 0 bridgehead atoms. The fourth-order valence-electron chi connectivity index (χ4n) is 4.73. The highest BCUT2D eigenvalue weighted by Gasteiger charge is 2.22. The average molecular weight is 472 g/mol. The van der Waals surface area contributed by atoms with E-state index in [0.717, 1.165) is 65.6 Å². The Balaban J connectivity index is 1.45. The molecule has 7 heteroatoms. The molecule has 7 nitrogen and oxygen atoms in total. The molecule has 5 rings (SSSR count). The molecule has 182 valence electrons. The molecule has 1 saturated heterocycles. The Kier molecular flexibility index (Phi) is 7.14. The molecule has 2 N–H and O–H groups in total. The Morgan fingerprint density at radius 3 is 2.57 bits per heavy atom. The number of para-hydroxylation sites is 2. The van der Waals surface area contributed by atoms with Crippen LogP contribution in [0.5, 0.6) is 11.5 Å². The molecule has 0 radical (unpaired) electrons. The van der Waals surface area contributed by atoms with Crippen molar-refractivity contribution < 1.29 is 9.47 Å². The Morgan fingerprint density at radius 2 is 1.77 bits per heavy atom. The quantitative estimate of drug-likeness (QED) is 0.347. The summed E-state index contributed by atoms with van der Waals surface area (Å²) in [6.45, 7) is 7.50. The number of aromatic nitrogens is 3. The van der Waals surface area contributed by atoms with Crippen molar-refractivity contribution in [2.75, 3.05) is 25.0 Å². The van der Waals surface area contributed by atoms with Gasteiger partial charge in [0, 0.05) is 17.8 Å². The number of pyridine rings is 1. The predicted octanol–water partition coefficient (Wildman–Crippen LogP) is 5.25. The maximum atomic E-state index is 6.29. The van der Waals surface area contributed by atoms with Crippen molar-refractivity contribution in [3.05, 3.63) is 77.6 Å². The molecule has 0 saturated carbocycles. The minimum absolute atomic E-state index is 0.407. The number of imidazole rings is 1. The van der Waals surface area contributed by atoms with Gasteiger partial charge in [-0.1, -0.05) is 42.5 Å². The number of piperidine rings is 1. The van der Waals surface area contributed by atoms with Crippen molar-refractivity contribution in [3.63, 3.8) is 0 Å². The first-order valence-electron chi connectivity index (χ1n) is 12.4. The molecule has 1 aliphatic rings. The lowest BCUT2D eigenvalue weighted by molar-refractivity contribution is 0.265. The molecule has 0 amide bonds. The highest BCUT2D eigenvalue weighted by molar-refractivity contribution is 5.78. The van der Waals surface area contributed by atoms with Crippen LogP contribution in [0.15, 0.2) is 60.7 Å². The molecular weight excluding hydrogens is 438 g/mol. The van der Waals surface area contributed by atoms with E-state index in [1.54, 1.807) is 0 Å². The zero-order valence-electron chi connectivity index (χ0n) is 20.5. The molecule has 0 atom stereocenters. The summed E-state index contributed by atoms with van der Waals surface area (Å²) in [6.07, 6.45) is 2.16. The number of aryl methyl sites for hydroxylation is 1. The minimum atomic E-state index is 0.407. The van der Waals surface area contributed by atoms with Crippen LogP contribution in [0.1, 0.15) is 42.8 Å². The van der Waals surface area contributed by atoms with E-state index in [1.165, 1.54) is 0 Å². The lowest BCUT2D eigenvalue weighted by Crippen LogP contribution is -2.30. The largest absolute Gasteiger partial charge is 0.490 e. The third-order valence-corrected chi connectivity index (χ3v) is 6.35. The van der Waals surface area contributed by atoms with Crippen molar-refractivity contribution in [1.82, 2.24) is 19.9 Å². The van der Waals surface area contributed by atoms with Gasteiger partial charge in [-0.15, -0.1) is 0 Å². The number of nitrogens with zero attached hydrogens (tertiary/aromatic N) is 3. The van der Waals surface area contributed by atoms with E-state index in [-0.39, 0.29) is 0 Å². The van der Waals surface area contributed by atoms with E-state index >= 15 is 0 Å². The summed E-state index contributed by atoms with van der Waals surface area (Å²) < 4.78 is 14.6. The summed E-state index contributed by atoms with van der Waals surface area (Å²) in [6, 6.07) is 20.9. The number of anilines is 1. The summed E-state index contributed by atoms with van der Waals surface area (Å²) in [7, 11) is 0. The zero-order valence-corrected chi connectivity index (χ0v) is 20.5. The lowest BCUT2D eigenvalue weighted by Gasteiger charge is -2.26. The molecule has 1 fully saturated rings. The molecule has 0 unspecified atom stereocenters. The van der Waals surface area contributed by atoms with Crippen LogP contribution in [-0.2, 0) is 13.2 Å². The van der Waals surface area contributed by atoms with E-state index in [0.29, 0.717) is 31.5 Å². The van der Waals surface area contributed by atoms with Crippen LogP contribution in [0.25, 0.3) is 11.0 Å². The van der Waals surface area contributed by atoms with Crippen molar-refractivity contribution >= 4 is 17.0 Å². The topological polar surface area (TPSA) is 73.2 Å². The van der Waals surface area contributed by atoms with Gasteiger partial charge in [-0.05, 0) is 57.5 Å². The minimum Gasteiger partial charge on any atom is -0.490 e. The van der Waals surface area contributed by atoms with E-state index in [9.17, 15) is 0 Å². The second-order valence-electron chi connectivity index (χ2n) is 8.87. The van der Waals surface area contributed by atoms with Gasteiger partial charge in [0.1, 0.15) is 12.3 Å². The number of hydrogen-bond donors (Lipinski definition) is 2. The van der Waals surface area contributed by atoms with Gasteiger partial charge in [-0.25, -0.2) is 4.98 Å². The van der Waals surface area contributed by atoms with E-state index in [4.69, 9.17) is 19.4 Å². The third-order valence-electron chi connectivity index (χ3n) is 6.35. The Morgan fingerprint density at radius 1 is 1.00 bits per heavy atom. The van der Waals surface area contributed by atoms with Gasteiger partial charge >= 0.3 is 0 Å². The summed E-state index contributed by atoms with van der Waals surface area (Å²) in [5.74, 6) is 2.27. The summed E-state index contributed by atoms with van der Waals surface area (Å²) in [5, 5.41) is 7.05. The number of rotatable bonds is 9. The Bertz CT molecular complexity index is 1270. The number of ether oxygens (including phenoxy) is 2. The van der Waals surface area contributed by atoms with Gasteiger partial charge in [-0.3, -0.25) is 4.98 Å². The Hall–Kier alpha value is -3.58. The van der Waals surface area contributed by atoms with Gasteiger partial charge in [0.05, 0.1) is 24.2 Å². The number of fused-ring (bicyclic) bond motifs is 1. The fraction of sp³-hybridized carbons (Fsp3) is 0.357. The maximum Gasteiger partial charge on any atom is 0.204 e. The van der Waals surface area contributed by atoms with Crippen LogP contribution in [0, 0.1) is 6.92 Å². The smallest absolute Gasteiger partial charge is 0.204 e. The molecule has 3 heterocycles. The van der Waals surface area contributed by atoms with Crippen molar-refractivity contribution in [3.8, 4) is 11.5 Å². The number of hydrogen-bond acceptors (Lipinski definition) is 6. The van der Waals surface area contributed by atoms with Crippen LogP contribution in [0.4, 0.5) is 5.95 Å². The van der Waals surface area contributed by atoms with Gasteiger partial charge in [-0.2, -0.15) is 0 Å². The van der Waals surface area contributed by atoms with Gasteiger partial charge in [0.15, 0.2) is 11.5 Å². The van der Waals surface area contributed by atoms with Gasteiger partial charge in [0.25, 0.3) is 0 Å². The van der Waals surface area contributed by atoms with Gasteiger partial charge in [0.2, 0.25) is 5.95 Å². The van der Waals surface area contributed by atoms with Crippen molar-refractivity contribution in [2.45, 2.75) is 45.9 Å². The number of benzene rings is 2. The van der Waals surface area contributed by atoms with E-state index in [1.807, 2.05) is 44.2 Å². The summed E-state index contributed by atoms with van der Waals surface area (Å²) >= 11 is 0. The van der Waals surface area contributed by atoms with Crippen molar-refractivity contribution in [2.24, 2.45) is 0 Å². The van der Waals surface area contributed by atoms with Crippen LogP contribution < -0.4 is 20.1 Å². The van der Waals surface area contributed by atoms with Crippen LogP contribution in [0.3, 0.4) is 0 Å². The standard InChI is InChI=1S/C28H33N5O2/c1-3-34-26-17-20(2)31-24(27(26)35-19-21-9-5-4-6-10-21)18-30-28-32-23-11-7-8-12-25(23)33(28)22-13-15-29-16-14-22/h4-12,17,22,29H,3,13-16,18-19H2,1-2H3,(H,30,32). The molecule has 4 aromatic rings. The fourth-order valence-corrected chi connectivity index (χ4v) is 4.73. The second kappa shape index (κ2) is 10.8. The highest BCUT2D eigenvalue weighted by Crippen LogP contribution is 2.34. The summed E-state index contributed by atoms with van der Waals surface area (Å²) in [5.41, 5.74) is 4.97. The first-order valence-corrected chi connectivity index (χ1v) is 12.4. The molecule has 2 aromatic carbocycles. The third kappa shape index (κ3) is 5.25. The molecule has 0 spiro atoms. The monoisotopic (exact) mass is 471 g/mol. The van der Waals surface area contributed by atoms with Gasteiger partial charge < -0.3 is 24.7 Å². The van der Waals surface area contributed by atoms with Crippen LogP contribution >= 0.6 is 0 Å². The Labute approximate surface area is 206 Å².